The number of ether oxygens (including phenoxy) is 3. The van der Waals surface area contributed by atoms with E-state index in [1.807, 2.05) is 6.92 Å². The molecule has 0 aliphatic carbocycles. The highest BCUT2D eigenvalue weighted by Crippen LogP contribution is 2.20. The maximum Gasteiger partial charge on any atom is 0.519 e. The van der Waals surface area contributed by atoms with Gasteiger partial charge < -0.3 is 32.8 Å². The summed E-state index contributed by atoms with van der Waals surface area (Å²) in [5.41, 5.74) is 0.451. The Balaban J connectivity index is 1.16. The molecule has 3 heterocycles. The van der Waals surface area contributed by atoms with Crippen molar-refractivity contribution >= 4 is 23.8 Å². The first-order chi connectivity index (χ1) is 20.2. The lowest BCUT2D eigenvalue weighted by Crippen LogP contribution is -2.56. The summed E-state index contributed by atoms with van der Waals surface area (Å²) in [7, 11) is 0. The van der Waals surface area contributed by atoms with Gasteiger partial charge >= 0.3 is 17.9 Å². The summed E-state index contributed by atoms with van der Waals surface area (Å²) in [4.78, 5) is 66.2. The number of hydrogen-bond acceptors (Lipinski definition) is 11. The van der Waals surface area contributed by atoms with E-state index in [0.29, 0.717) is 56.9 Å². The molecular weight excluding hydrogens is 550 g/mol. The quantitative estimate of drug-likeness (QED) is 0.205. The number of likely N-dealkylation sites (tertiary alicyclic amines) is 1. The molecule has 2 aliphatic heterocycles. The van der Waals surface area contributed by atoms with Crippen molar-refractivity contribution in [2.45, 2.75) is 52.2 Å². The van der Waals surface area contributed by atoms with Crippen LogP contribution >= 0.6 is 0 Å². The Morgan fingerprint density at radius 2 is 1.71 bits per heavy atom. The standard InChI is InChI=1S/C29H37N3O10/c1-3-4-15-38-27(35)19-39-23-7-5-21(6-8-23)24(33)16-32-14-13-31(17-26(32)34)22-9-11-30(12-10-22)28(36)40-18-25-20(2)41-29(37)42-25/h5-8,22H,3-4,9-19H2,1-2H3. The molecule has 13 heteroatoms. The number of rotatable bonds is 12. The zero-order valence-electron chi connectivity index (χ0n) is 24.0. The summed E-state index contributed by atoms with van der Waals surface area (Å²) in [5, 5.41) is 0. The van der Waals surface area contributed by atoms with Crippen LogP contribution in [0.4, 0.5) is 4.79 Å². The first-order valence-corrected chi connectivity index (χ1v) is 14.2. The minimum atomic E-state index is -0.836. The molecule has 4 rings (SSSR count). The molecule has 42 heavy (non-hydrogen) atoms. The van der Waals surface area contributed by atoms with Gasteiger partial charge in [-0.1, -0.05) is 13.3 Å². The second kappa shape index (κ2) is 14.7. The van der Waals surface area contributed by atoms with Gasteiger partial charge in [-0.25, -0.2) is 14.4 Å². The number of carbonyl (C=O) groups excluding carboxylic acids is 4. The van der Waals surface area contributed by atoms with E-state index < -0.39 is 17.9 Å². The van der Waals surface area contributed by atoms with Crippen molar-refractivity contribution in [2.24, 2.45) is 0 Å². The monoisotopic (exact) mass is 587 g/mol. The number of carbonyl (C=O) groups is 4. The second-order valence-corrected chi connectivity index (χ2v) is 10.3. The molecule has 0 N–H and O–H groups in total. The third-order valence-electron chi connectivity index (χ3n) is 7.38. The Hall–Kier alpha value is -4.13. The van der Waals surface area contributed by atoms with Gasteiger partial charge in [0.25, 0.3) is 0 Å². The summed E-state index contributed by atoms with van der Waals surface area (Å²) >= 11 is 0. The van der Waals surface area contributed by atoms with E-state index in [0.717, 1.165) is 12.8 Å². The van der Waals surface area contributed by atoms with Gasteiger partial charge in [-0.05, 0) is 50.5 Å². The summed E-state index contributed by atoms with van der Waals surface area (Å²) in [5.74, 6) is -0.669. The number of amides is 2. The third kappa shape index (κ3) is 8.44. The van der Waals surface area contributed by atoms with Crippen LogP contribution in [0.5, 0.6) is 5.75 Å². The number of aryl methyl sites for hydroxylation is 1. The highest BCUT2D eigenvalue weighted by molar-refractivity contribution is 5.99. The van der Waals surface area contributed by atoms with Gasteiger partial charge in [0, 0.05) is 37.8 Å². The molecule has 2 saturated heterocycles. The summed E-state index contributed by atoms with van der Waals surface area (Å²) in [6, 6.07) is 6.61. The van der Waals surface area contributed by atoms with Gasteiger partial charge in [0.2, 0.25) is 5.91 Å². The van der Waals surface area contributed by atoms with Crippen molar-refractivity contribution in [3.05, 3.63) is 52.0 Å². The number of piperazine rings is 1. The van der Waals surface area contributed by atoms with Crippen molar-refractivity contribution in [2.75, 3.05) is 52.5 Å². The first kappa shape index (κ1) is 30.8. The highest BCUT2D eigenvalue weighted by atomic mass is 16.6. The number of ketones is 1. The molecule has 0 unspecified atom stereocenters. The van der Waals surface area contributed by atoms with E-state index in [1.54, 1.807) is 41.0 Å². The topological polar surface area (TPSA) is 149 Å². The zero-order chi connectivity index (χ0) is 30.1. The molecule has 13 nitrogen and oxygen atoms in total. The fourth-order valence-corrected chi connectivity index (χ4v) is 4.86. The van der Waals surface area contributed by atoms with Gasteiger partial charge in [-0.3, -0.25) is 14.5 Å². The normalized spacial score (nSPS) is 16.4. The van der Waals surface area contributed by atoms with E-state index in [9.17, 15) is 24.0 Å². The van der Waals surface area contributed by atoms with Crippen molar-refractivity contribution in [3.63, 3.8) is 0 Å². The molecule has 0 saturated carbocycles. The molecule has 2 fully saturated rings. The Kier molecular flexibility index (Phi) is 10.8. The third-order valence-corrected chi connectivity index (χ3v) is 7.38. The fraction of sp³-hybridized carbons (Fsp3) is 0.552. The van der Waals surface area contributed by atoms with Crippen molar-refractivity contribution in [3.8, 4) is 5.75 Å². The minimum Gasteiger partial charge on any atom is -0.482 e. The van der Waals surface area contributed by atoms with Gasteiger partial charge in [0.15, 0.2) is 30.5 Å². The number of Topliss-reactive ketones (excluding diaryl/α,β-unsaturated/α-hetero) is 1. The predicted octanol–water partition coefficient (Wildman–Crippen LogP) is 2.39. The van der Waals surface area contributed by atoms with Crippen LogP contribution in [0.2, 0.25) is 0 Å². The first-order valence-electron chi connectivity index (χ1n) is 14.2. The SMILES string of the molecule is CCCCOC(=O)COc1ccc(C(=O)CN2CCN(C3CCN(C(=O)OCc4oc(=O)oc4C)CC3)CC2=O)cc1. The molecule has 2 amide bonds. The van der Waals surface area contributed by atoms with E-state index in [1.165, 1.54) is 0 Å². The molecule has 2 aromatic rings. The molecule has 0 atom stereocenters. The van der Waals surface area contributed by atoms with Crippen LogP contribution in [0.1, 0.15) is 54.5 Å². The molecule has 0 spiro atoms. The Labute approximate surface area is 243 Å². The van der Waals surface area contributed by atoms with Crippen molar-refractivity contribution < 1.29 is 42.2 Å². The Morgan fingerprint density at radius 3 is 2.36 bits per heavy atom. The van der Waals surface area contributed by atoms with E-state index in [-0.39, 0.29) is 55.6 Å². The predicted molar refractivity (Wildman–Crippen MR) is 147 cm³/mol. The van der Waals surface area contributed by atoms with Crippen LogP contribution < -0.4 is 10.6 Å². The number of benzene rings is 1. The second-order valence-electron chi connectivity index (χ2n) is 10.3. The number of piperidine rings is 1. The fourth-order valence-electron chi connectivity index (χ4n) is 4.86. The molecule has 2 aliphatic rings. The lowest BCUT2D eigenvalue weighted by Gasteiger charge is -2.41. The smallest absolute Gasteiger partial charge is 0.482 e. The lowest BCUT2D eigenvalue weighted by atomic mass is 10.0. The van der Waals surface area contributed by atoms with Crippen LogP contribution in [0, 0.1) is 6.92 Å². The largest absolute Gasteiger partial charge is 0.519 e. The zero-order valence-corrected chi connectivity index (χ0v) is 24.0. The van der Waals surface area contributed by atoms with Crippen molar-refractivity contribution in [1.82, 2.24) is 14.7 Å². The van der Waals surface area contributed by atoms with Crippen molar-refractivity contribution in [1.29, 1.82) is 0 Å². The molecule has 0 radical (unpaired) electrons. The van der Waals surface area contributed by atoms with Gasteiger partial charge in [-0.15, -0.1) is 0 Å². The Morgan fingerprint density at radius 1 is 0.976 bits per heavy atom. The molecule has 0 bridgehead atoms. The number of hydrogen-bond donors (Lipinski definition) is 0. The molecule has 1 aromatic carbocycles. The molecule has 1 aromatic heterocycles. The van der Waals surface area contributed by atoms with Crippen LogP contribution in [0.15, 0.2) is 37.9 Å². The number of nitrogens with zero attached hydrogens (tertiary/aromatic N) is 3. The van der Waals surface area contributed by atoms with Crippen LogP contribution in [-0.2, 0) is 25.7 Å². The molecule has 228 valence electrons. The highest BCUT2D eigenvalue weighted by Gasteiger charge is 2.33. The summed E-state index contributed by atoms with van der Waals surface area (Å²) < 4.78 is 25.3. The summed E-state index contributed by atoms with van der Waals surface area (Å²) in [6.07, 6.45) is 2.61. The van der Waals surface area contributed by atoms with Crippen LogP contribution in [-0.4, -0.2) is 97.0 Å². The maximum atomic E-state index is 12.9. The Bertz CT molecular complexity index is 1290. The number of unbranched alkanes of at least 4 members (excludes halogenated alkanes) is 1. The minimum absolute atomic E-state index is 0.0167. The number of esters is 1. The summed E-state index contributed by atoms with van der Waals surface area (Å²) in [6.45, 7) is 5.76. The average Bonchev–Trinajstić information content (AvgIpc) is 3.32. The molecular formula is C29H37N3O10. The lowest BCUT2D eigenvalue weighted by molar-refractivity contribution is -0.146. The van der Waals surface area contributed by atoms with Gasteiger partial charge in [-0.2, -0.15) is 0 Å². The van der Waals surface area contributed by atoms with E-state index in [4.69, 9.17) is 23.0 Å². The van der Waals surface area contributed by atoms with E-state index >= 15 is 0 Å². The van der Waals surface area contributed by atoms with Gasteiger partial charge in [0.1, 0.15) is 5.75 Å². The average molecular weight is 588 g/mol. The van der Waals surface area contributed by atoms with Gasteiger partial charge in [0.05, 0.1) is 19.7 Å². The van der Waals surface area contributed by atoms with Crippen LogP contribution in [0.3, 0.4) is 0 Å². The maximum absolute atomic E-state index is 12.9. The van der Waals surface area contributed by atoms with Crippen LogP contribution in [0.25, 0.3) is 0 Å². The van der Waals surface area contributed by atoms with E-state index in [2.05, 4.69) is 4.90 Å².